The number of piperazine rings is 1. The Kier molecular flexibility index (Phi) is 6.38. The Morgan fingerprint density at radius 1 is 1.23 bits per heavy atom. The standard InChI is InChI=1S/C19H27ClN4O2/c1-14(18(25)22-19(26)21-16-6-2-3-7-16)23-9-11-24(12-10-23)17-8-4-5-15(20)13-17/h4-5,8,13-14,16H,2-3,6-7,9-12H2,1H3,(H2,21,22,25,26)/p+1/t14-/m0/s1. The summed E-state index contributed by atoms with van der Waals surface area (Å²) in [5.74, 6) is -0.202. The summed E-state index contributed by atoms with van der Waals surface area (Å²) >= 11 is 6.07. The number of rotatable bonds is 4. The second kappa shape index (κ2) is 8.73. The number of amides is 3. The van der Waals surface area contributed by atoms with Gasteiger partial charge in [-0.2, -0.15) is 0 Å². The summed E-state index contributed by atoms with van der Waals surface area (Å²) < 4.78 is 0. The van der Waals surface area contributed by atoms with Crippen molar-refractivity contribution in [3.8, 4) is 0 Å². The van der Waals surface area contributed by atoms with E-state index in [0.717, 1.165) is 62.6 Å². The van der Waals surface area contributed by atoms with E-state index >= 15 is 0 Å². The van der Waals surface area contributed by atoms with Crippen LogP contribution in [0.25, 0.3) is 0 Å². The number of halogens is 1. The molecule has 0 bridgehead atoms. The lowest BCUT2D eigenvalue weighted by Gasteiger charge is -2.36. The lowest BCUT2D eigenvalue weighted by atomic mass is 10.2. The third-order valence-electron chi connectivity index (χ3n) is 5.51. The summed E-state index contributed by atoms with van der Waals surface area (Å²) in [7, 11) is 0. The van der Waals surface area contributed by atoms with E-state index in [1.165, 1.54) is 4.90 Å². The summed E-state index contributed by atoms with van der Waals surface area (Å²) in [6.07, 6.45) is 4.31. The van der Waals surface area contributed by atoms with Crippen LogP contribution in [0.1, 0.15) is 32.6 Å². The van der Waals surface area contributed by atoms with Crippen LogP contribution in [0.4, 0.5) is 10.5 Å². The molecule has 1 heterocycles. The van der Waals surface area contributed by atoms with Gasteiger partial charge in [-0.1, -0.05) is 30.5 Å². The number of carbonyl (C=O) groups excluding carboxylic acids is 2. The lowest BCUT2D eigenvalue weighted by Crippen LogP contribution is -3.19. The second-order valence-electron chi connectivity index (χ2n) is 7.29. The van der Waals surface area contributed by atoms with Crippen LogP contribution in [0.5, 0.6) is 0 Å². The summed E-state index contributed by atoms with van der Waals surface area (Å²) in [5.41, 5.74) is 1.12. The first-order valence-electron chi connectivity index (χ1n) is 9.49. The molecule has 0 aromatic heterocycles. The maximum atomic E-state index is 12.4. The van der Waals surface area contributed by atoms with Crippen molar-refractivity contribution in [2.75, 3.05) is 31.1 Å². The number of hydrogen-bond acceptors (Lipinski definition) is 3. The van der Waals surface area contributed by atoms with Crippen molar-refractivity contribution in [1.82, 2.24) is 10.6 Å². The van der Waals surface area contributed by atoms with E-state index in [1.807, 2.05) is 25.1 Å². The minimum Gasteiger partial charge on any atom is -0.360 e. The van der Waals surface area contributed by atoms with Crippen molar-refractivity contribution in [1.29, 1.82) is 0 Å². The van der Waals surface area contributed by atoms with Gasteiger partial charge < -0.3 is 15.1 Å². The molecule has 1 atom stereocenters. The van der Waals surface area contributed by atoms with Crippen LogP contribution < -0.4 is 20.4 Å². The van der Waals surface area contributed by atoms with Gasteiger partial charge in [0.05, 0.1) is 26.2 Å². The highest BCUT2D eigenvalue weighted by atomic mass is 35.5. The van der Waals surface area contributed by atoms with Crippen LogP contribution in [0.15, 0.2) is 24.3 Å². The third kappa shape index (κ3) is 4.89. The van der Waals surface area contributed by atoms with Crippen LogP contribution in [0.3, 0.4) is 0 Å². The molecule has 2 fully saturated rings. The average molecular weight is 380 g/mol. The second-order valence-corrected chi connectivity index (χ2v) is 7.73. The molecule has 1 aromatic carbocycles. The van der Waals surface area contributed by atoms with Crippen LogP contribution in [0, 0.1) is 0 Å². The molecule has 7 heteroatoms. The summed E-state index contributed by atoms with van der Waals surface area (Å²) in [6.45, 7) is 5.32. The van der Waals surface area contributed by atoms with Crippen molar-refractivity contribution in [3.05, 3.63) is 29.3 Å². The number of benzene rings is 1. The molecule has 3 amide bonds. The van der Waals surface area contributed by atoms with Gasteiger partial charge in [-0.05, 0) is 38.0 Å². The minimum absolute atomic E-state index is 0.202. The van der Waals surface area contributed by atoms with Crippen LogP contribution in [-0.4, -0.2) is 50.2 Å². The first-order chi connectivity index (χ1) is 12.5. The minimum atomic E-state index is -0.356. The smallest absolute Gasteiger partial charge is 0.321 e. The Bertz CT molecular complexity index is 640. The Hall–Kier alpha value is -1.79. The SMILES string of the molecule is C[C@@H](C(=O)NC(=O)NC1CCCC1)[NH+]1CCN(c2cccc(Cl)c2)CC1. The fourth-order valence-corrected chi connectivity index (χ4v) is 4.04. The van der Waals surface area contributed by atoms with Gasteiger partial charge in [0, 0.05) is 16.8 Å². The number of quaternary nitrogens is 1. The first-order valence-corrected chi connectivity index (χ1v) is 9.87. The molecule has 26 heavy (non-hydrogen) atoms. The molecule has 2 aliphatic rings. The molecule has 0 radical (unpaired) electrons. The summed E-state index contributed by atoms with van der Waals surface area (Å²) in [5, 5.41) is 6.15. The third-order valence-corrected chi connectivity index (χ3v) is 5.75. The quantitative estimate of drug-likeness (QED) is 0.736. The zero-order valence-electron chi connectivity index (χ0n) is 15.3. The molecule has 1 saturated carbocycles. The molecule has 3 rings (SSSR count). The van der Waals surface area contributed by atoms with E-state index in [-0.39, 0.29) is 24.0 Å². The maximum absolute atomic E-state index is 12.4. The number of hydrogen-bond donors (Lipinski definition) is 3. The normalized spacial score (nSPS) is 20.0. The predicted molar refractivity (Wildman–Crippen MR) is 103 cm³/mol. The number of nitrogens with zero attached hydrogens (tertiary/aromatic N) is 1. The van der Waals surface area contributed by atoms with Crippen molar-refractivity contribution >= 4 is 29.2 Å². The molecule has 0 unspecified atom stereocenters. The predicted octanol–water partition coefficient (Wildman–Crippen LogP) is 1.20. The zero-order chi connectivity index (χ0) is 18.5. The van der Waals surface area contributed by atoms with Gasteiger partial charge in [0.15, 0.2) is 6.04 Å². The van der Waals surface area contributed by atoms with E-state index in [9.17, 15) is 9.59 Å². The summed E-state index contributed by atoms with van der Waals surface area (Å²) in [4.78, 5) is 27.9. The summed E-state index contributed by atoms with van der Waals surface area (Å²) in [6, 6.07) is 7.46. The number of nitrogens with one attached hydrogen (secondary N) is 3. The fraction of sp³-hybridized carbons (Fsp3) is 0.579. The van der Waals surface area contributed by atoms with Gasteiger partial charge in [0.2, 0.25) is 0 Å². The van der Waals surface area contributed by atoms with Crippen molar-refractivity contribution < 1.29 is 14.5 Å². The van der Waals surface area contributed by atoms with Gasteiger partial charge in [-0.25, -0.2) is 4.79 Å². The topological polar surface area (TPSA) is 65.9 Å². The highest BCUT2D eigenvalue weighted by Gasteiger charge is 2.30. The Labute approximate surface area is 159 Å². The molecule has 142 valence electrons. The van der Waals surface area contributed by atoms with E-state index in [2.05, 4.69) is 21.6 Å². The van der Waals surface area contributed by atoms with Gasteiger partial charge in [-0.15, -0.1) is 0 Å². The van der Waals surface area contributed by atoms with Gasteiger partial charge in [-0.3, -0.25) is 10.1 Å². The first kappa shape index (κ1) is 19.0. The molecule has 6 nitrogen and oxygen atoms in total. The van der Waals surface area contributed by atoms with Gasteiger partial charge in [0.1, 0.15) is 0 Å². The average Bonchev–Trinajstić information content (AvgIpc) is 3.14. The maximum Gasteiger partial charge on any atom is 0.321 e. The highest BCUT2D eigenvalue weighted by molar-refractivity contribution is 6.30. The molecule has 1 saturated heterocycles. The van der Waals surface area contributed by atoms with E-state index in [0.29, 0.717) is 0 Å². The molecule has 1 aromatic rings. The monoisotopic (exact) mass is 379 g/mol. The van der Waals surface area contributed by atoms with Crippen LogP contribution >= 0.6 is 11.6 Å². The van der Waals surface area contributed by atoms with Crippen molar-refractivity contribution in [2.24, 2.45) is 0 Å². The molecule has 0 spiro atoms. The van der Waals surface area contributed by atoms with E-state index < -0.39 is 0 Å². The number of anilines is 1. The van der Waals surface area contributed by atoms with Gasteiger partial charge >= 0.3 is 6.03 Å². The number of urea groups is 1. The Balaban J connectivity index is 1.45. The molecule has 1 aliphatic carbocycles. The zero-order valence-corrected chi connectivity index (χ0v) is 16.0. The molecular formula is C19H28ClN4O2+. The van der Waals surface area contributed by atoms with E-state index in [1.54, 1.807) is 0 Å². The molecule has 1 aliphatic heterocycles. The highest BCUT2D eigenvalue weighted by Crippen LogP contribution is 2.19. The van der Waals surface area contributed by atoms with Crippen LogP contribution in [0.2, 0.25) is 5.02 Å². The molecule has 3 N–H and O–H groups in total. The largest absolute Gasteiger partial charge is 0.360 e. The molecular weight excluding hydrogens is 352 g/mol. The van der Waals surface area contributed by atoms with Gasteiger partial charge in [0.25, 0.3) is 5.91 Å². The van der Waals surface area contributed by atoms with Crippen molar-refractivity contribution in [3.63, 3.8) is 0 Å². The lowest BCUT2D eigenvalue weighted by molar-refractivity contribution is -0.914. The van der Waals surface area contributed by atoms with E-state index in [4.69, 9.17) is 11.6 Å². The Morgan fingerprint density at radius 2 is 1.92 bits per heavy atom. The fourth-order valence-electron chi connectivity index (χ4n) is 3.86. The van der Waals surface area contributed by atoms with Crippen molar-refractivity contribution in [2.45, 2.75) is 44.7 Å². The Morgan fingerprint density at radius 3 is 2.58 bits per heavy atom. The van der Waals surface area contributed by atoms with Crippen LogP contribution in [-0.2, 0) is 4.79 Å². The number of imide groups is 1. The number of carbonyl (C=O) groups is 2.